The van der Waals surface area contributed by atoms with Crippen LogP contribution in [-0.2, 0) is 9.53 Å². The van der Waals surface area contributed by atoms with Crippen LogP contribution in [0.1, 0.15) is 82.4 Å². The van der Waals surface area contributed by atoms with Crippen LogP contribution in [0.3, 0.4) is 0 Å². The minimum absolute atomic E-state index is 0.0105. The van der Waals surface area contributed by atoms with Crippen molar-refractivity contribution in [3.63, 3.8) is 0 Å². The number of nitrogens with zero attached hydrogens (tertiary/aromatic N) is 4. The zero-order chi connectivity index (χ0) is 24.8. The number of carbonyl (C=O) groups excluding carboxylic acids is 1. The average Bonchev–Trinajstić information content (AvgIpc) is 2.88. The number of aromatic nitrogens is 2. The molecule has 1 N–H and O–H groups in total. The maximum Gasteiger partial charge on any atom is 0.362 e. The number of methoxy groups -OCH3 is 1. The predicted octanol–water partition coefficient (Wildman–Crippen LogP) is 4.27. The number of rotatable bonds is 4. The molecule has 2 saturated heterocycles. The Morgan fingerprint density at radius 3 is 2.28 bits per heavy atom. The third-order valence-electron chi connectivity index (χ3n) is 9.39. The van der Waals surface area contributed by atoms with Crippen molar-refractivity contribution in [3.05, 3.63) is 40.3 Å². The molecule has 8 heteroatoms. The number of para-hydroxylation sites is 2. The number of esters is 1. The Hall–Kier alpha value is -2.74. The predicted molar refractivity (Wildman–Crippen MR) is 136 cm³/mol. The molecule has 192 valence electrons. The lowest BCUT2D eigenvalue weighted by atomic mass is 9.68. The van der Waals surface area contributed by atoms with Gasteiger partial charge < -0.3 is 14.5 Å². The first kappa shape index (κ1) is 23.6. The number of hydrogen-bond acceptors (Lipinski definition) is 7. The third kappa shape index (κ3) is 4.03. The monoisotopic (exact) mass is 492 g/mol. The summed E-state index contributed by atoms with van der Waals surface area (Å²) >= 11 is 0. The highest BCUT2D eigenvalue weighted by Gasteiger charge is 2.45. The van der Waals surface area contributed by atoms with E-state index in [1.807, 2.05) is 28.8 Å². The van der Waals surface area contributed by atoms with Gasteiger partial charge in [-0.3, -0.25) is 9.69 Å². The highest BCUT2D eigenvalue weighted by molar-refractivity contribution is 6.42. The molecule has 2 saturated carbocycles. The van der Waals surface area contributed by atoms with Gasteiger partial charge in [0.05, 0.1) is 18.1 Å². The molecule has 0 spiro atoms. The van der Waals surface area contributed by atoms with Crippen molar-refractivity contribution in [1.29, 1.82) is 0 Å². The number of hydrogen-bond donors (Lipinski definition) is 1. The van der Waals surface area contributed by atoms with Gasteiger partial charge in [0.1, 0.15) is 0 Å². The topological polar surface area (TPSA) is 97.0 Å². The molecule has 1 aromatic heterocycles. The normalized spacial score (nSPS) is 32.9. The van der Waals surface area contributed by atoms with Crippen molar-refractivity contribution in [3.8, 4) is 0 Å². The molecular weight excluding hydrogens is 456 g/mol. The van der Waals surface area contributed by atoms with E-state index in [-0.39, 0.29) is 11.7 Å². The standard InChI is InChI=1S/C28H36N4O4/c1-36-28(34)26(30-35)25-27(33)32(24-11-3-2-10-23(24)29-25)22-15-19-8-5-9-20(16-22)31(19)21-13-17-6-4-7-18(12-17)14-21/h2-3,10-11,17-22,35H,4-9,12-16H2,1H3/b30-26-/t17?,18?,19-,20+,21?,22?. The lowest BCUT2D eigenvalue weighted by Crippen LogP contribution is -2.58. The fourth-order valence-corrected chi connectivity index (χ4v) is 8.09. The van der Waals surface area contributed by atoms with E-state index in [1.54, 1.807) is 0 Å². The van der Waals surface area contributed by atoms with E-state index in [0.29, 0.717) is 23.6 Å². The smallest absolute Gasteiger partial charge is 0.362 e. The number of carbonyl (C=O) groups is 1. The second kappa shape index (κ2) is 9.61. The lowest BCUT2D eigenvalue weighted by Gasteiger charge is -2.55. The molecule has 0 radical (unpaired) electrons. The number of benzene rings is 1. The van der Waals surface area contributed by atoms with E-state index in [2.05, 4.69) is 15.0 Å². The molecule has 5 atom stereocenters. The Morgan fingerprint density at radius 2 is 1.61 bits per heavy atom. The van der Waals surface area contributed by atoms with Crippen molar-refractivity contribution in [2.75, 3.05) is 7.11 Å². The first-order chi connectivity index (χ1) is 17.6. The van der Waals surface area contributed by atoms with Gasteiger partial charge in [0.15, 0.2) is 5.69 Å². The van der Waals surface area contributed by atoms with Gasteiger partial charge in [-0.25, -0.2) is 9.78 Å². The summed E-state index contributed by atoms with van der Waals surface area (Å²) in [6.45, 7) is 0. The molecule has 3 heterocycles. The number of piperidine rings is 2. The fraction of sp³-hybridized carbons (Fsp3) is 0.643. The summed E-state index contributed by atoms with van der Waals surface area (Å²) in [5.41, 5.74) is 0.363. The highest BCUT2D eigenvalue weighted by atomic mass is 16.5. The van der Waals surface area contributed by atoms with E-state index in [4.69, 9.17) is 4.74 Å². The van der Waals surface area contributed by atoms with Gasteiger partial charge in [0, 0.05) is 24.2 Å². The first-order valence-electron chi connectivity index (χ1n) is 13.7. The average molecular weight is 493 g/mol. The molecule has 0 amide bonds. The summed E-state index contributed by atoms with van der Waals surface area (Å²) < 4.78 is 6.58. The summed E-state index contributed by atoms with van der Waals surface area (Å²) in [4.78, 5) is 33.4. The van der Waals surface area contributed by atoms with Gasteiger partial charge in [-0.15, -0.1) is 0 Å². The van der Waals surface area contributed by atoms with Crippen LogP contribution in [0.15, 0.2) is 34.2 Å². The second-order valence-corrected chi connectivity index (χ2v) is 11.4. The van der Waals surface area contributed by atoms with Crippen molar-refractivity contribution in [2.45, 2.75) is 94.8 Å². The first-order valence-corrected chi connectivity index (χ1v) is 13.7. The maximum absolute atomic E-state index is 13.8. The Labute approximate surface area is 211 Å². The molecule has 2 aliphatic carbocycles. The van der Waals surface area contributed by atoms with Crippen LogP contribution < -0.4 is 5.56 Å². The minimum Gasteiger partial charge on any atom is -0.464 e. The Balaban J connectivity index is 1.37. The van der Waals surface area contributed by atoms with Crippen LogP contribution in [0, 0.1) is 11.8 Å². The second-order valence-electron chi connectivity index (χ2n) is 11.4. The quantitative estimate of drug-likeness (QED) is 0.296. The molecule has 4 bridgehead atoms. The van der Waals surface area contributed by atoms with Crippen molar-refractivity contribution in [1.82, 2.24) is 14.5 Å². The van der Waals surface area contributed by atoms with E-state index >= 15 is 0 Å². The molecule has 1 aromatic carbocycles. The number of fused-ring (bicyclic) bond motifs is 5. The van der Waals surface area contributed by atoms with Crippen molar-refractivity contribution >= 4 is 22.7 Å². The number of oxime groups is 1. The maximum atomic E-state index is 13.8. The largest absolute Gasteiger partial charge is 0.464 e. The number of ether oxygens (including phenoxy) is 1. The van der Waals surface area contributed by atoms with Gasteiger partial charge >= 0.3 is 5.97 Å². The summed E-state index contributed by atoms with van der Waals surface area (Å²) in [7, 11) is 1.20. The molecule has 6 rings (SSSR count). The zero-order valence-electron chi connectivity index (χ0n) is 21.0. The van der Waals surface area contributed by atoms with Gasteiger partial charge in [0.25, 0.3) is 5.56 Å². The van der Waals surface area contributed by atoms with Crippen LogP contribution in [-0.4, -0.2) is 56.6 Å². The van der Waals surface area contributed by atoms with E-state index in [0.717, 1.165) is 30.2 Å². The van der Waals surface area contributed by atoms with Crippen molar-refractivity contribution in [2.24, 2.45) is 17.0 Å². The molecular formula is C28H36N4O4. The minimum atomic E-state index is -0.876. The summed E-state index contributed by atoms with van der Waals surface area (Å²) in [5, 5.41) is 12.6. The van der Waals surface area contributed by atoms with Crippen LogP contribution >= 0.6 is 0 Å². The molecule has 4 fully saturated rings. The Bertz CT molecular complexity index is 1210. The molecule has 3 unspecified atom stereocenters. The summed E-state index contributed by atoms with van der Waals surface area (Å²) in [5.74, 6) is 0.910. The molecule has 8 nitrogen and oxygen atoms in total. The Morgan fingerprint density at radius 1 is 0.944 bits per heavy atom. The van der Waals surface area contributed by atoms with E-state index in [9.17, 15) is 14.8 Å². The SMILES string of the molecule is COC(=O)/C(=N\O)c1nc2ccccc2n(C2C[C@H]3CCC[C@@H](C2)N3C2CC3CCCC(C3)C2)c1=O. The van der Waals surface area contributed by atoms with Crippen LogP contribution in [0.25, 0.3) is 11.0 Å². The van der Waals surface area contributed by atoms with Crippen molar-refractivity contribution < 1.29 is 14.7 Å². The molecule has 4 aliphatic rings. The Kier molecular flexibility index (Phi) is 6.32. The van der Waals surface area contributed by atoms with Crippen LogP contribution in [0.4, 0.5) is 0 Å². The van der Waals surface area contributed by atoms with E-state index < -0.39 is 17.2 Å². The fourth-order valence-electron chi connectivity index (χ4n) is 8.09. The van der Waals surface area contributed by atoms with Crippen LogP contribution in [0.2, 0.25) is 0 Å². The molecule has 2 aromatic rings. The third-order valence-corrected chi connectivity index (χ3v) is 9.39. The lowest BCUT2D eigenvalue weighted by molar-refractivity contribution is -0.132. The van der Waals surface area contributed by atoms with Crippen LogP contribution in [0.5, 0.6) is 0 Å². The zero-order valence-corrected chi connectivity index (χ0v) is 21.0. The van der Waals surface area contributed by atoms with Gasteiger partial charge in [-0.1, -0.05) is 43.0 Å². The molecule has 36 heavy (non-hydrogen) atoms. The summed E-state index contributed by atoms with van der Waals surface area (Å²) in [6.07, 6.45) is 13.7. The molecule has 2 aliphatic heterocycles. The highest BCUT2D eigenvalue weighted by Crippen LogP contribution is 2.47. The van der Waals surface area contributed by atoms with E-state index in [1.165, 1.54) is 64.9 Å². The van der Waals surface area contributed by atoms with Gasteiger partial charge in [0.2, 0.25) is 5.71 Å². The van der Waals surface area contributed by atoms with Gasteiger partial charge in [-0.2, -0.15) is 0 Å². The summed E-state index contributed by atoms with van der Waals surface area (Å²) in [6, 6.07) is 9.16. The van der Waals surface area contributed by atoms with Gasteiger partial charge in [-0.05, 0) is 68.9 Å².